The minimum Gasteiger partial charge on any atom is -0.369 e. The van der Waals surface area contributed by atoms with E-state index in [0.29, 0.717) is 0 Å². The van der Waals surface area contributed by atoms with Crippen molar-refractivity contribution in [2.75, 3.05) is 11.9 Å². The topological polar surface area (TPSA) is 50.7 Å². The van der Waals surface area contributed by atoms with Crippen molar-refractivity contribution >= 4 is 21.7 Å². The number of hydrogen-bond acceptors (Lipinski definition) is 4. The molecule has 4 nitrogen and oxygen atoms in total. The molecule has 2 heterocycles. The van der Waals surface area contributed by atoms with Crippen LogP contribution >= 0.6 is 15.9 Å². The number of hydrogen-bond donors (Lipinski definition) is 1. The SMILES string of the molecule is CCCc1nc(-c2ccncc2C)nc(NCC)c1Br. The Balaban J connectivity index is 2.56. The molecule has 0 aliphatic rings. The third kappa shape index (κ3) is 3.15. The first-order chi connectivity index (χ1) is 9.67. The number of rotatable bonds is 5. The van der Waals surface area contributed by atoms with Gasteiger partial charge in [0.25, 0.3) is 0 Å². The number of nitrogens with zero attached hydrogens (tertiary/aromatic N) is 3. The number of pyridine rings is 1. The second kappa shape index (κ2) is 6.79. The van der Waals surface area contributed by atoms with E-state index in [1.54, 1.807) is 6.20 Å². The Bertz CT molecular complexity index is 571. The summed E-state index contributed by atoms with van der Waals surface area (Å²) in [6.07, 6.45) is 5.60. The van der Waals surface area contributed by atoms with Crippen LogP contribution in [0.5, 0.6) is 0 Å². The summed E-state index contributed by atoms with van der Waals surface area (Å²) in [6, 6.07) is 1.96. The van der Waals surface area contributed by atoms with Crippen LogP contribution in [0.4, 0.5) is 5.82 Å². The molecule has 0 spiro atoms. The Kier molecular flexibility index (Phi) is 5.06. The summed E-state index contributed by atoms with van der Waals surface area (Å²) >= 11 is 3.61. The van der Waals surface area contributed by atoms with E-state index < -0.39 is 0 Å². The summed E-state index contributed by atoms with van der Waals surface area (Å²) in [6.45, 7) is 7.07. The molecule has 0 radical (unpaired) electrons. The van der Waals surface area contributed by atoms with Crippen molar-refractivity contribution in [3.63, 3.8) is 0 Å². The summed E-state index contributed by atoms with van der Waals surface area (Å²) in [7, 11) is 0. The summed E-state index contributed by atoms with van der Waals surface area (Å²) in [5.41, 5.74) is 3.16. The average Bonchev–Trinajstić information content (AvgIpc) is 2.44. The smallest absolute Gasteiger partial charge is 0.162 e. The minimum absolute atomic E-state index is 0.757. The zero-order valence-electron chi connectivity index (χ0n) is 12.1. The second-order valence-electron chi connectivity index (χ2n) is 4.63. The predicted molar refractivity (Wildman–Crippen MR) is 85.9 cm³/mol. The molecular formula is C15H19BrN4. The second-order valence-corrected chi connectivity index (χ2v) is 5.42. The van der Waals surface area contributed by atoms with Crippen LogP contribution in [0.25, 0.3) is 11.4 Å². The Morgan fingerprint density at radius 3 is 2.70 bits per heavy atom. The van der Waals surface area contributed by atoms with E-state index in [1.807, 2.05) is 19.2 Å². The van der Waals surface area contributed by atoms with Crippen LogP contribution in [0.15, 0.2) is 22.9 Å². The molecule has 0 amide bonds. The molecule has 0 saturated heterocycles. The quantitative estimate of drug-likeness (QED) is 0.897. The zero-order chi connectivity index (χ0) is 14.5. The van der Waals surface area contributed by atoms with Gasteiger partial charge in [-0.1, -0.05) is 13.3 Å². The van der Waals surface area contributed by atoms with Crippen LogP contribution in [-0.4, -0.2) is 21.5 Å². The van der Waals surface area contributed by atoms with Crippen LogP contribution in [0.3, 0.4) is 0 Å². The van der Waals surface area contributed by atoms with E-state index in [-0.39, 0.29) is 0 Å². The zero-order valence-corrected chi connectivity index (χ0v) is 13.7. The van der Waals surface area contributed by atoms with E-state index in [2.05, 4.69) is 45.1 Å². The van der Waals surface area contributed by atoms with Crippen molar-refractivity contribution in [2.45, 2.75) is 33.6 Å². The molecule has 0 saturated carbocycles. The van der Waals surface area contributed by atoms with Gasteiger partial charge in [0.05, 0.1) is 10.2 Å². The summed E-state index contributed by atoms with van der Waals surface area (Å²) < 4.78 is 0.969. The van der Waals surface area contributed by atoms with Crippen molar-refractivity contribution in [1.82, 2.24) is 15.0 Å². The first-order valence-corrected chi connectivity index (χ1v) is 7.67. The van der Waals surface area contributed by atoms with Crippen LogP contribution in [0.2, 0.25) is 0 Å². The molecule has 2 aromatic heterocycles. The van der Waals surface area contributed by atoms with E-state index in [4.69, 9.17) is 4.98 Å². The Hall–Kier alpha value is -1.49. The third-order valence-electron chi connectivity index (χ3n) is 3.01. The molecule has 20 heavy (non-hydrogen) atoms. The van der Waals surface area contributed by atoms with E-state index >= 15 is 0 Å². The maximum atomic E-state index is 4.71. The third-order valence-corrected chi connectivity index (χ3v) is 3.85. The first kappa shape index (κ1) is 14.9. The lowest BCUT2D eigenvalue weighted by Gasteiger charge is -2.12. The molecule has 106 valence electrons. The maximum Gasteiger partial charge on any atom is 0.162 e. The molecule has 0 aromatic carbocycles. The van der Waals surface area contributed by atoms with Crippen LogP contribution in [0.1, 0.15) is 31.5 Å². The molecule has 0 fully saturated rings. The molecule has 2 aromatic rings. The molecule has 0 aliphatic carbocycles. The summed E-state index contributed by atoms with van der Waals surface area (Å²) in [4.78, 5) is 13.5. The number of nitrogens with one attached hydrogen (secondary N) is 1. The molecule has 0 unspecified atom stereocenters. The van der Waals surface area contributed by atoms with Crippen LogP contribution < -0.4 is 5.32 Å². The minimum atomic E-state index is 0.757. The van der Waals surface area contributed by atoms with E-state index in [0.717, 1.165) is 52.3 Å². The van der Waals surface area contributed by atoms with Crippen molar-refractivity contribution < 1.29 is 0 Å². The van der Waals surface area contributed by atoms with Crippen molar-refractivity contribution in [1.29, 1.82) is 0 Å². The van der Waals surface area contributed by atoms with E-state index in [1.165, 1.54) is 0 Å². The molecule has 1 N–H and O–H groups in total. The lowest BCUT2D eigenvalue weighted by Crippen LogP contribution is -2.06. The van der Waals surface area contributed by atoms with Crippen molar-refractivity contribution in [3.05, 3.63) is 34.2 Å². The lowest BCUT2D eigenvalue weighted by molar-refractivity contribution is 0.867. The van der Waals surface area contributed by atoms with Gasteiger partial charge in [0.2, 0.25) is 0 Å². The summed E-state index contributed by atoms with van der Waals surface area (Å²) in [5.74, 6) is 1.62. The number of halogens is 1. The maximum absolute atomic E-state index is 4.71. The van der Waals surface area contributed by atoms with Gasteiger partial charge in [-0.2, -0.15) is 0 Å². The number of aryl methyl sites for hydroxylation is 2. The highest BCUT2D eigenvalue weighted by atomic mass is 79.9. The Morgan fingerprint density at radius 1 is 1.25 bits per heavy atom. The fourth-order valence-corrected chi connectivity index (χ4v) is 2.54. The largest absolute Gasteiger partial charge is 0.369 e. The highest BCUT2D eigenvalue weighted by molar-refractivity contribution is 9.10. The van der Waals surface area contributed by atoms with Gasteiger partial charge in [0.1, 0.15) is 5.82 Å². The van der Waals surface area contributed by atoms with Gasteiger partial charge >= 0.3 is 0 Å². The number of aromatic nitrogens is 3. The van der Waals surface area contributed by atoms with Crippen molar-refractivity contribution in [2.24, 2.45) is 0 Å². The Labute approximate surface area is 128 Å². The monoisotopic (exact) mass is 334 g/mol. The first-order valence-electron chi connectivity index (χ1n) is 6.88. The van der Waals surface area contributed by atoms with Gasteiger partial charge in [0.15, 0.2) is 5.82 Å². The van der Waals surface area contributed by atoms with Crippen molar-refractivity contribution in [3.8, 4) is 11.4 Å². The van der Waals surface area contributed by atoms with Gasteiger partial charge in [-0.05, 0) is 47.8 Å². The molecule has 0 aliphatic heterocycles. The molecule has 0 atom stereocenters. The fraction of sp³-hybridized carbons (Fsp3) is 0.400. The number of anilines is 1. The fourth-order valence-electron chi connectivity index (χ4n) is 2.03. The molecule has 5 heteroatoms. The van der Waals surface area contributed by atoms with Gasteiger partial charge in [0, 0.05) is 24.5 Å². The van der Waals surface area contributed by atoms with Gasteiger partial charge in [-0.15, -0.1) is 0 Å². The van der Waals surface area contributed by atoms with Gasteiger partial charge in [-0.3, -0.25) is 4.98 Å². The molecule has 0 bridgehead atoms. The molecule has 2 rings (SSSR count). The normalized spacial score (nSPS) is 10.6. The lowest BCUT2D eigenvalue weighted by atomic mass is 10.1. The highest BCUT2D eigenvalue weighted by Gasteiger charge is 2.13. The van der Waals surface area contributed by atoms with Gasteiger partial charge < -0.3 is 5.32 Å². The standard InChI is InChI=1S/C15H19BrN4/c1-4-6-12-13(16)15(18-5-2)20-14(19-12)11-7-8-17-9-10(11)3/h7-9H,4-6H2,1-3H3,(H,18,19,20). The van der Waals surface area contributed by atoms with Crippen LogP contribution in [0, 0.1) is 6.92 Å². The average molecular weight is 335 g/mol. The summed E-state index contributed by atoms with van der Waals surface area (Å²) in [5, 5.41) is 3.29. The van der Waals surface area contributed by atoms with E-state index in [9.17, 15) is 0 Å². The molecular weight excluding hydrogens is 316 g/mol. The van der Waals surface area contributed by atoms with Gasteiger partial charge in [-0.25, -0.2) is 9.97 Å². The Morgan fingerprint density at radius 2 is 2.05 bits per heavy atom. The van der Waals surface area contributed by atoms with Crippen LogP contribution in [-0.2, 0) is 6.42 Å². The highest BCUT2D eigenvalue weighted by Crippen LogP contribution is 2.28. The predicted octanol–water partition coefficient (Wildman–Crippen LogP) is 3.99.